The van der Waals surface area contributed by atoms with Gasteiger partial charge in [-0.15, -0.1) is 0 Å². The number of carboxylic acids is 1. The normalized spacial score (nSPS) is 15.2. The first-order chi connectivity index (χ1) is 17.2. The highest BCUT2D eigenvalue weighted by Gasteiger charge is 2.46. The van der Waals surface area contributed by atoms with Crippen LogP contribution in [0.15, 0.2) is 48.5 Å². The molecule has 0 aliphatic heterocycles. The first-order valence-electron chi connectivity index (χ1n) is 11.2. The van der Waals surface area contributed by atoms with Crippen LogP contribution in [0.25, 0.3) is 10.8 Å². The number of fused-ring (bicyclic) bond motifs is 1. The zero-order chi connectivity index (χ0) is 27.2. The van der Waals surface area contributed by atoms with Crippen LogP contribution in [-0.4, -0.2) is 27.6 Å². The molecule has 37 heavy (non-hydrogen) atoms. The summed E-state index contributed by atoms with van der Waals surface area (Å²) < 4.78 is 73.7. The Morgan fingerprint density at radius 1 is 1.03 bits per heavy atom. The van der Waals surface area contributed by atoms with E-state index in [0.717, 1.165) is 12.1 Å². The molecule has 0 atom stereocenters. The zero-order valence-electron chi connectivity index (χ0n) is 19.5. The van der Waals surface area contributed by atoms with Gasteiger partial charge in [0, 0.05) is 23.3 Å². The van der Waals surface area contributed by atoms with Crippen LogP contribution in [0.5, 0.6) is 11.5 Å². The molecule has 1 fully saturated rings. The number of carbonyl (C=O) groups is 2. The number of alkyl halides is 5. The molecule has 1 aliphatic rings. The van der Waals surface area contributed by atoms with E-state index in [2.05, 4.69) is 5.32 Å². The fourth-order valence-electron chi connectivity index (χ4n) is 4.30. The lowest BCUT2D eigenvalue weighted by Gasteiger charge is -2.38. The Balaban J connectivity index is 1.76. The van der Waals surface area contributed by atoms with Crippen LogP contribution in [-0.2, 0) is 23.5 Å². The van der Waals surface area contributed by atoms with Crippen molar-refractivity contribution < 1.29 is 46.5 Å². The van der Waals surface area contributed by atoms with E-state index in [4.69, 9.17) is 4.74 Å². The van der Waals surface area contributed by atoms with Crippen LogP contribution in [0.3, 0.4) is 0 Å². The standard InChI is InChI=1S/C26H22F5NO5/c1-24(27,28)19-11-15(26(29,30)31)8-7-14(19)13-37-21-17-6-3-2-5-16(17)20(33)12-18(21)22(34)32-25(23(35)36)9-4-10-25/h2-3,5-8,11-12,33H,4,9-10,13H2,1H3,(H,32,34)(H,35,36). The number of aliphatic carboxylic acids is 1. The lowest BCUT2D eigenvalue weighted by atomic mass is 9.76. The maximum Gasteiger partial charge on any atom is 0.416 e. The van der Waals surface area contributed by atoms with E-state index in [0.29, 0.717) is 25.5 Å². The Hall–Kier alpha value is -3.89. The molecule has 0 aromatic heterocycles. The van der Waals surface area contributed by atoms with E-state index in [1.165, 1.54) is 12.1 Å². The van der Waals surface area contributed by atoms with Crippen molar-refractivity contribution in [2.45, 2.75) is 50.4 Å². The Morgan fingerprint density at radius 3 is 2.22 bits per heavy atom. The SMILES string of the molecule is CC(F)(F)c1cc(C(F)(F)F)ccc1COc1c(C(=O)NC2(C(=O)O)CCC2)cc(O)c2ccccc12. The lowest BCUT2D eigenvalue weighted by Crippen LogP contribution is -2.59. The monoisotopic (exact) mass is 523 g/mol. The molecule has 196 valence electrons. The third kappa shape index (κ3) is 5.03. The van der Waals surface area contributed by atoms with Gasteiger partial charge in [0.05, 0.1) is 11.1 Å². The van der Waals surface area contributed by atoms with E-state index in [9.17, 15) is 41.8 Å². The van der Waals surface area contributed by atoms with Gasteiger partial charge in [0.1, 0.15) is 23.6 Å². The number of aromatic hydroxyl groups is 1. The summed E-state index contributed by atoms with van der Waals surface area (Å²) in [6.45, 7) is -0.166. The number of amides is 1. The number of nitrogens with one attached hydrogen (secondary N) is 1. The van der Waals surface area contributed by atoms with Gasteiger partial charge in [0.25, 0.3) is 11.8 Å². The molecule has 3 aromatic carbocycles. The predicted octanol–water partition coefficient (Wildman–Crippen LogP) is 5.99. The Bertz CT molecular complexity index is 1380. The van der Waals surface area contributed by atoms with Crippen molar-refractivity contribution in [1.82, 2.24) is 5.32 Å². The van der Waals surface area contributed by atoms with Gasteiger partial charge in [-0.25, -0.2) is 13.6 Å². The van der Waals surface area contributed by atoms with Gasteiger partial charge in [0.2, 0.25) is 0 Å². The van der Waals surface area contributed by atoms with E-state index >= 15 is 0 Å². The molecule has 0 unspecified atom stereocenters. The van der Waals surface area contributed by atoms with Crippen molar-refractivity contribution in [2.24, 2.45) is 0 Å². The molecule has 0 saturated heterocycles. The highest BCUT2D eigenvalue weighted by Crippen LogP contribution is 2.40. The summed E-state index contributed by atoms with van der Waals surface area (Å²) >= 11 is 0. The van der Waals surface area contributed by atoms with Crippen molar-refractivity contribution in [3.05, 3.63) is 70.8 Å². The first-order valence-corrected chi connectivity index (χ1v) is 11.2. The summed E-state index contributed by atoms with van der Waals surface area (Å²) in [5.41, 5.74) is -4.12. The maximum absolute atomic E-state index is 14.3. The van der Waals surface area contributed by atoms with Gasteiger partial charge in [0.15, 0.2) is 0 Å². The highest BCUT2D eigenvalue weighted by atomic mass is 19.4. The molecular weight excluding hydrogens is 501 g/mol. The van der Waals surface area contributed by atoms with E-state index in [1.807, 2.05) is 0 Å². The number of phenols is 1. The number of benzene rings is 3. The molecule has 0 bridgehead atoms. The molecule has 3 N–H and O–H groups in total. The molecule has 1 aliphatic carbocycles. The summed E-state index contributed by atoms with van der Waals surface area (Å²) in [5, 5.41) is 23.0. The van der Waals surface area contributed by atoms with Crippen molar-refractivity contribution in [3.8, 4) is 11.5 Å². The first kappa shape index (κ1) is 26.2. The molecule has 0 radical (unpaired) electrons. The summed E-state index contributed by atoms with van der Waals surface area (Å²) in [7, 11) is 0. The largest absolute Gasteiger partial charge is 0.507 e. The summed E-state index contributed by atoms with van der Waals surface area (Å²) in [6.07, 6.45) is -3.85. The van der Waals surface area contributed by atoms with Gasteiger partial charge >= 0.3 is 12.1 Å². The van der Waals surface area contributed by atoms with Crippen LogP contribution in [0.4, 0.5) is 22.0 Å². The zero-order valence-corrected chi connectivity index (χ0v) is 19.5. The van der Waals surface area contributed by atoms with Crippen LogP contribution >= 0.6 is 0 Å². The number of carboxylic acid groups (broad SMARTS) is 1. The average molecular weight is 523 g/mol. The van der Waals surface area contributed by atoms with Gasteiger partial charge in [-0.05, 0) is 43.0 Å². The maximum atomic E-state index is 14.3. The van der Waals surface area contributed by atoms with E-state index in [1.54, 1.807) is 12.1 Å². The number of halogens is 5. The number of carbonyl (C=O) groups excluding carboxylic acids is 1. The highest BCUT2D eigenvalue weighted by molar-refractivity contribution is 6.07. The van der Waals surface area contributed by atoms with Crippen molar-refractivity contribution in [1.29, 1.82) is 0 Å². The summed E-state index contributed by atoms with van der Waals surface area (Å²) in [6, 6.07) is 9.16. The third-order valence-electron chi connectivity index (χ3n) is 6.47. The molecular formula is C26H22F5NO5. The Kier molecular flexibility index (Phi) is 6.51. The van der Waals surface area contributed by atoms with Crippen LogP contribution in [0.1, 0.15) is 53.2 Å². The molecule has 4 rings (SSSR count). The van der Waals surface area contributed by atoms with Crippen molar-refractivity contribution in [2.75, 3.05) is 0 Å². The van der Waals surface area contributed by atoms with Crippen LogP contribution in [0.2, 0.25) is 0 Å². The van der Waals surface area contributed by atoms with Crippen LogP contribution < -0.4 is 10.1 Å². The smallest absolute Gasteiger partial charge is 0.416 e. The molecule has 0 spiro atoms. The molecule has 6 nitrogen and oxygen atoms in total. The van der Waals surface area contributed by atoms with Crippen molar-refractivity contribution in [3.63, 3.8) is 0 Å². The Morgan fingerprint density at radius 2 is 1.68 bits per heavy atom. The number of hydrogen-bond donors (Lipinski definition) is 3. The predicted molar refractivity (Wildman–Crippen MR) is 123 cm³/mol. The summed E-state index contributed by atoms with van der Waals surface area (Å²) in [5.74, 6) is -6.17. The lowest BCUT2D eigenvalue weighted by molar-refractivity contribution is -0.148. The summed E-state index contributed by atoms with van der Waals surface area (Å²) in [4.78, 5) is 24.9. The average Bonchev–Trinajstić information content (AvgIpc) is 2.79. The number of hydrogen-bond acceptors (Lipinski definition) is 4. The van der Waals surface area contributed by atoms with Crippen LogP contribution in [0, 0.1) is 0 Å². The van der Waals surface area contributed by atoms with E-state index < -0.39 is 47.2 Å². The number of ether oxygens (including phenoxy) is 1. The number of phenolic OH excluding ortho intramolecular Hbond substituents is 1. The van der Waals surface area contributed by atoms with E-state index in [-0.39, 0.29) is 46.2 Å². The van der Waals surface area contributed by atoms with Gasteiger partial charge in [-0.2, -0.15) is 13.2 Å². The molecule has 11 heteroatoms. The molecule has 0 heterocycles. The fourth-order valence-corrected chi connectivity index (χ4v) is 4.30. The minimum Gasteiger partial charge on any atom is -0.507 e. The number of rotatable bonds is 7. The van der Waals surface area contributed by atoms with Gasteiger partial charge in [-0.1, -0.05) is 30.3 Å². The van der Waals surface area contributed by atoms with Gasteiger partial charge < -0.3 is 20.3 Å². The second-order valence-electron chi connectivity index (χ2n) is 9.06. The fraction of sp³-hybridized carbons (Fsp3) is 0.308. The topological polar surface area (TPSA) is 95.9 Å². The second-order valence-corrected chi connectivity index (χ2v) is 9.06. The molecule has 3 aromatic rings. The quantitative estimate of drug-likeness (QED) is 0.331. The minimum absolute atomic E-state index is 0.143. The third-order valence-corrected chi connectivity index (χ3v) is 6.47. The van der Waals surface area contributed by atoms with Gasteiger partial charge in [-0.3, -0.25) is 4.79 Å². The Labute approximate surface area is 207 Å². The van der Waals surface area contributed by atoms with Crippen molar-refractivity contribution >= 4 is 22.6 Å². The second kappa shape index (κ2) is 9.20. The molecule has 1 saturated carbocycles. The molecule has 1 amide bonds. The minimum atomic E-state index is -4.83.